The lowest BCUT2D eigenvalue weighted by Gasteiger charge is -2.18. The topological polar surface area (TPSA) is 78.9 Å². The van der Waals surface area contributed by atoms with E-state index in [0.29, 0.717) is 19.3 Å². The van der Waals surface area contributed by atoms with E-state index in [-0.39, 0.29) is 37.5 Å². The predicted octanol–water partition coefficient (Wildman–Crippen LogP) is 16.8. The summed E-state index contributed by atoms with van der Waals surface area (Å²) in [6, 6.07) is 0. The van der Waals surface area contributed by atoms with Gasteiger partial charge in [0.05, 0.1) is 0 Å². The van der Waals surface area contributed by atoms with Crippen molar-refractivity contribution in [3.8, 4) is 0 Å². The van der Waals surface area contributed by atoms with Gasteiger partial charge in [0.2, 0.25) is 0 Å². The molecule has 0 saturated heterocycles. The fraction of sp³-hybridized carbons (Fsp3) is 0.696. The van der Waals surface area contributed by atoms with E-state index in [9.17, 15) is 14.4 Å². The summed E-state index contributed by atoms with van der Waals surface area (Å²) in [5, 5.41) is 0. The second-order valence-corrected chi connectivity index (χ2v) is 16.7. The smallest absolute Gasteiger partial charge is 0.306 e. The fourth-order valence-corrected chi connectivity index (χ4v) is 6.75. The Kier molecular flexibility index (Phi) is 47.5. The van der Waals surface area contributed by atoms with Crippen LogP contribution in [-0.2, 0) is 28.6 Å². The maximum absolute atomic E-state index is 12.8. The molecule has 0 spiro atoms. The molecule has 6 nitrogen and oxygen atoms in total. The molecule has 0 heterocycles. The minimum Gasteiger partial charge on any atom is -0.462 e. The van der Waals surface area contributed by atoms with E-state index in [1.807, 2.05) is 0 Å². The van der Waals surface area contributed by atoms with Gasteiger partial charge in [-0.3, -0.25) is 14.4 Å². The number of carbonyl (C=O) groups excluding carboxylic acids is 3. The van der Waals surface area contributed by atoms with Crippen LogP contribution in [0.4, 0.5) is 0 Å². The lowest BCUT2D eigenvalue weighted by Crippen LogP contribution is -2.30. The van der Waals surface area contributed by atoms with Crippen molar-refractivity contribution < 1.29 is 28.6 Å². The molecular formula is C56H94O6. The van der Waals surface area contributed by atoms with Gasteiger partial charge in [-0.1, -0.05) is 183 Å². The number of ether oxygens (including phenoxy) is 3. The van der Waals surface area contributed by atoms with Gasteiger partial charge in [0.1, 0.15) is 13.2 Å². The van der Waals surface area contributed by atoms with Crippen LogP contribution < -0.4 is 0 Å². The van der Waals surface area contributed by atoms with Gasteiger partial charge >= 0.3 is 17.9 Å². The summed E-state index contributed by atoms with van der Waals surface area (Å²) in [5.74, 6) is -0.961. The van der Waals surface area contributed by atoms with Crippen molar-refractivity contribution in [3.63, 3.8) is 0 Å². The second kappa shape index (κ2) is 50.2. The van der Waals surface area contributed by atoms with Gasteiger partial charge in [0.25, 0.3) is 0 Å². The lowest BCUT2D eigenvalue weighted by atomic mass is 10.1. The minimum absolute atomic E-state index is 0.101. The maximum atomic E-state index is 12.8. The average molecular weight is 863 g/mol. The maximum Gasteiger partial charge on any atom is 0.306 e. The average Bonchev–Trinajstić information content (AvgIpc) is 3.27. The Balaban J connectivity index is 4.47. The summed E-state index contributed by atoms with van der Waals surface area (Å²) in [7, 11) is 0. The number of unbranched alkanes of at least 4 members (excludes halogenated alkanes) is 20. The Morgan fingerprint density at radius 1 is 0.339 bits per heavy atom. The second-order valence-electron chi connectivity index (χ2n) is 16.7. The summed E-state index contributed by atoms with van der Waals surface area (Å²) < 4.78 is 16.7. The van der Waals surface area contributed by atoms with Gasteiger partial charge in [-0.05, 0) is 116 Å². The van der Waals surface area contributed by atoms with E-state index in [2.05, 4.69) is 106 Å². The molecule has 0 fully saturated rings. The summed E-state index contributed by atoms with van der Waals surface area (Å²) in [4.78, 5) is 37.9. The van der Waals surface area contributed by atoms with E-state index >= 15 is 0 Å². The number of esters is 3. The van der Waals surface area contributed by atoms with Crippen LogP contribution in [0.5, 0.6) is 0 Å². The molecule has 6 heteroatoms. The number of hydrogen-bond donors (Lipinski definition) is 0. The van der Waals surface area contributed by atoms with Gasteiger partial charge in [-0.25, -0.2) is 0 Å². The van der Waals surface area contributed by atoms with Crippen molar-refractivity contribution in [3.05, 3.63) is 85.1 Å². The third kappa shape index (κ3) is 47.6. The highest BCUT2D eigenvalue weighted by Crippen LogP contribution is 2.13. The Morgan fingerprint density at radius 2 is 0.629 bits per heavy atom. The van der Waals surface area contributed by atoms with Crippen LogP contribution in [0.1, 0.15) is 233 Å². The molecule has 0 radical (unpaired) electrons. The number of allylic oxidation sites excluding steroid dienone is 14. The Labute approximate surface area is 382 Å². The van der Waals surface area contributed by atoms with E-state index in [1.54, 1.807) is 0 Å². The Bertz CT molecular complexity index is 1220. The van der Waals surface area contributed by atoms with Crippen molar-refractivity contribution in [1.82, 2.24) is 0 Å². The molecule has 0 amide bonds. The zero-order valence-electron chi connectivity index (χ0n) is 40.4. The summed E-state index contributed by atoms with van der Waals surface area (Å²) in [6.07, 6.45) is 64.2. The molecule has 0 unspecified atom stereocenters. The molecule has 0 N–H and O–H groups in total. The third-order valence-electron chi connectivity index (χ3n) is 10.6. The molecule has 1 atom stereocenters. The summed E-state index contributed by atoms with van der Waals surface area (Å²) in [6.45, 7) is 6.42. The van der Waals surface area contributed by atoms with Crippen LogP contribution in [0.2, 0.25) is 0 Å². The minimum atomic E-state index is -0.804. The Morgan fingerprint density at radius 3 is 1.03 bits per heavy atom. The van der Waals surface area contributed by atoms with Crippen LogP contribution in [0.3, 0.4) is 0 Å². The molecule has 354 valence electrons. The summed E-state index contributed by atoms with van der Waals surface area (Å²) >= 11 is 0. The van der Waals surface area contributed by atoms with Gasteiger partial charge in [-0.2, -0.15) is 0 Å². The first kappa shape index (κ1) is 58.6. The highest BCUT2D eigenvalue weighted by Gasteiger charge is 2.19. The quantitative estimate of drug-likeness (QED) is 0.0263. The van der Waals surface area contributed by atoms with Crippen molar-refractivity contribution >= 4 is 17.9 Å². The van der Waals surface area contributed by atoms with Crippen molar-refractivity contribution in [2.24, 2.45) is 0 Å². The molecule has 0 bridgehead atoms. The predicted molar refractivity (Wildman–Crippen MR) is 265 cm³/mol. The van der Waals surface area contributed by atoms with E-state index in [4.69, 9.17) is 14.2 Å². The molecule has 0 aromatic rings. The van der Waals surface area contributed by atoms with E-state index in [1.165, 1.54) is 83.5 Å². The van der Waals surface area contributed by atoms with Crippen molar-refractivity contribution in [1.29, 1.82) is 0 Å². The van der Waals surface area contributed by atoms with Gasteiger partial charge < -0.3 is 14.2 Å². The summed E-state index contributed by atoms with van der Waals surface area (Å²) in [5.41, 5.74) is 0. The molecule has 0 saturated carbocycles. The Hall–Kier alpha value is -3.41. The monoisotopic (exact) mass is 863 g/mol. The molecular weight excluding hydrogens is 769 g/mol. The number of rotatable bonds is 45. The molecule has 0 aliphatic heterocycles. The zero-order chi connectivity index (χ0) is 45.1. The lowest BCUT2D eigenvalue weighted by molar-refractivity contribution is -0.167. The van der Waals surface area contributed by atoms with E-state index in [0.717, 1.165) is 103 Å². The number of carbonyl (C=O) groups is 3. The largest absolute Gasteiger partial charge is 0.462 e. The highest BCUT2D eigenvalue weighted by molar-refractivity contribution is 5.71. The first-order chi connectivity index (χ1) is 30.5. The van der Waals surface area contributed by atoms with Crippen LogP contribution >= 0.6 is 0 Å². The van der Waals surface area contributed by atoms with Crippen molar-refractivity contribution in [2.75, 3.05) is 13.2 Å². The molecule has 62 heavy (non-hydrogen) atoms. The first-order valence-corrected chi connectivity index (χ1v) is 25.6. The standard InChI is InChI=1S/C56H94O6/c1-4-7-10-13-16-19-22-25-27-28-30-31-34-37-40-43-46-49-55(58)61-52-53(51-60-54(57)48-45-42-39-36-33-24-21-18-15-12-9-6-3)62-56(59)50-47-44-41-38-35-32-29-26-23-20-17-14-11-8-5-2/h8,11,16-21,25-27,29,35,38,53H,4-7,9-10,12-15,22-24,28,30-34,36-37,39-52H2,1-3H3/b11-8-,19-16-,20-17-,21-18-,27-25-,29-26-,38-35-/t53-/m1/s1. The van der Waals surface area contributed by atoms with Crippen molar-refractivity contribution in [2.45, 2.75) is 239 Å². The molecule has 0 aliphatic carbocycles. The van der Waals surface area contributed by atoms with E-state index < -0.39 is 6.10 Å². The van der Waals surface area contributed by atoms with Crippen LogP contribution in [0.15, 0.2) is 85.1 Å². The van der Waals surface area contributed by atoms with Crippen LogP contribution in [0.25, 0.3) is 0 Å². The molecule has 0 aliphatic rings. The van der Waals surface area contributed by atoms with Crippen LogP contribution in [-0.4, -0.2) is 37.2 Å². The van der Waals surface area contributed by atoms with Crippen LogP contribution in [0, 0.1) is 0 Å². The van der Waals surface area contributed by atoms with Gasteiger partial charge in [0.15, 0.2) is 6.10 Å². The highest BCUT2D eigenvalue weighted by atomic mass is 16.6. The SMILES string of the molecule is CC/C=C\C/C=C\C/C=C\C/C=C\CCCCC(=O)O[C@H](COC(=O)CCCCCCC/C=C\CCCCC)COC(=O)CCCCCCCCC/C=C\C/C=C\CCCCC. The zero-order valence-corrected chi connectivity index (χ0v) is 40.4. The normalized spacial score (nSPS) is 12.8. The molecule has 0 rings (SSSR count). The molecule has 0 aromatic heterocycles. The molecule has 0 aromatic carbocycles. The van der Waals surface area contributed by atoms with Gasteiger partial charge in [-0.15, -0.1) is 0 Å². The number of hydrogen-bond acceptors (Lipinski definition) is 6. The fourth-order valence-electron chi connectivity index (χ4n) is 6.75. The third-order valence-corrected chi connectivity index (χ3v) is 10.6. The first-order valence-electron chi connectivity index (χ1n) is 25.6. The van der Waals surface area contributed by atoms with Gasteiger partial charge in [0, 0.05) is 19.3 Å².